The Balaban J connectivity index is 1.96. The van der Waals surface area contributed by atoms with Crippen LogP contribution in [0.25, 0.3) is 0 Å². The van der Waals surface area contributed by atoms with Crippen LogP contribution >= 0.6 is 0 Å². The maximum Gasteiger partial charge on any atom is 0.186 e. The lowest BCUT2D eigenvalue weighted by molar-refractivity contribution is -0.314. The Kier molecular flexibility index (Phi) is 6.90. The van der Waals surface area contributed by atoms with E-state index in [-0.39, 0.29) is 6.61 Å². The van der Waals surface area contributed by atoms with Crippen molar-refractivity contribution in [2.24, 2.45) is 0 Å². The molecule has 6 unspecified atom stereocenters. The topological polar surface area (TPSA) is 169 Å². The SMILES string of the molecule is CC[C@H]1OC(CO[C@H]2OC(CO)[C@@H](O)C(O)C2O)[C@@H](O)C(O)C1O. The molecule has 0 aromatic rings. The van der Waals surface area contributed by atoms with Crippen molar-refractivity contribution in [3.05, 3.63) is 0 Å². The average molecular weight is 354 g/mol. The molecule has 10 nitrogen and oxygen atoms in total. The van der Waals surface area contributed by atoms with Gasteiger partial charge in [-0.3, -0.25) is 0 Å². The minimum atomic E-state index is -1.58. The van der Waals surface area contributed by atoms with Crippen molar-refractivity contribution >= 4 is 0 Å². The van der Waals surface area contributed by atoms with Crippen LogP contribution in [0, 0.1) is 0 Å². The first-order valence-corrected chi connectivity index (χ1v) is 7.93. The largest absolute Gasteiger partial charge is 0.394 e. The fourth-order valence-corrected chi connectivity index (χ4v) is 2.90. The molecule has 0 amide bonds. The highest BCUT2D eigenvalue weighted by atomic mass is 16.7. The quantitative estimate of drug-likeness (QED) is 0.259. The molecule has 0 aromatic heterocycles. The van der Waals surface area contributed by atoms with Crippen LogP contribution in [0.1, 0.15) is 13.3 Å². The first-order valence-electron chi connectivity index (χ1n) is 7.93. The van der Waals surface area contributed by atoms with Crippen molar-refractivity contribution in [3.63, 3.8) is 0 Å². The summed E-state index contributed by atoms with van der Waals surface area (Å²) in [4.78, 5) is 0. The predicted molar refractivity (Wildman–Crippen MR) is 76.7 cm³/mol. The average Bonchev–Trinajstić information content (AvgIpc) is 2.58. The first kappa shape index (κ1) is 19.9. The zero-order valence-corrected chi connectivity index (χ0v) is 13.3. The molecule has 0 saturated carbocycles. The van der Waals surface area contributed by atoms with Gasteiger partial charge in [-0.1, -0.05) is 6.92 Å². The van der Waals surface area contributed by atoms with E-state index in [9.17, 15) is 30.6 Å². The second-order valence-corrected chi connectivity index (χ2v) is 6.12. The molecule has 24 heavy (non-hydrogen) atoms. The molecule has 2 heterocycles. The van der Waals surface area contributed by atoms with E-state index in [4.69, 9.17) is 19.3 Å². The Morgan fingerprint density at radius 2 is 1.25 bits per heavy atom. The second-order valence-electron chi connectivity index (χ2n) is 6.12. The molecular weight excluding hydrogens is 328 g/mol. The highest BCUT2D eigenvalue weighted by Crippen LogP contribution is 2.26. The number of hydrogen-bond donors (Lipinski definition) is 7. The van der Waals surface area contributed by atoms with Gasteiger partial charge in [-0.15, -0.1) is 0 Å². The van der Waals surface area contributed by atoms with Crippen molar-refractivity contribution in [1.82, 2.24) is 0 Å². The summed E-state index contributed by atoms with van der Waals surface area (Å²) in [5.74, 6) is 0. The summed E-state index contributed by atoms with van der Waals surface area (Å²) in [7, 11) is 0. The maximum atomic E-state index is 9.96. The number of rotatable bonds is 5. The summed E-state index contributed by atoms with van der Waals surface area (Å²) in [5, 5.41) is 68.0. The Morgan fingerprint density at radius 1 is 0.708 bits per heavy atom. The molecule has 0 aromatic carbocycles. The van der Waals surface area contributed by atoms with Gasteiger partial charge in [0.25, 0.3) is 0 Å². The molecule has 2 rings (SSSR count). The minimum absolute atomic E-state index is 0.301. The molecule has 10 heteroatoms. The fraction of sp³-hybridized carbons (Fsp3) is 1.00. The van der Waals surface area contributed by atoms with Crippen LogP contribution in [-0.4, -0.2) is 110 Å². The summed E-state index contributed by atoms with van der Waals surface area (Å²) >= 11 is 0. The van der Waals surface area contributed by atoms with E-state index in [1.165, 1.54) is 0 Å². The van der Waals surface area contributed by atoms with Gasteiger partial charge in [0.05, 0.1) is 19.3 Å². The van der Waals surface area contributed by atoms with Crippen LogP contribution in [0.3, 0.4) is 0 Å². The third kappa shape index (κ3) is 3.88. The molecule has 10 atom stereocenters. The van der Waals surface area contributed by atoms with Gasteiger partial charge in [-0.25, -0.2) is 0 Å². The smallest absolute Gasteiger partial charge is 0.186 e. The molecule has 2 aliphatic heterocycles. The number of ether oxygens (including phenoxy) is 3. The van der Waals surface area contributed by atoms with Gasteiger partial charge in [0.2, 0.25) is 0 Å². The van der Waals surface area contributed by atoms with Gasteiger partial charge in [-0.05, 0) is 6.42 Å². The normalized spacial score (nSPS) is 50.0. The number of aliphatic hydroxyl groups excluding tert-OH is 7. The molecule has 0 aliphatic carbocycles. The monoisotopic (exact) mass is 354 g/mol. The van der Waals surface area contributed by atoms with E-state index >= 15 is 0 Å². The van der Waals surface area contributed by atoms with Crippen LogP contribution in [0.5, 0.6) is 0 Å². The Bertz CT molecular complexity index is 356. The lowest BCUT2D eigenvalue weighted by Gasteiger charge is -2.42. The van der Waals surface area contributed by atoms with E-state index in [0.717, 1.165) is 0 Å². The van der Waals surface area contributed by atoms with Gasteiger partial charge in [-0.2, -0.15) is 0 Å². The zero-order chi connectivity index (χ0) is 18.0. The fourth-order valence-electron chi connectivity index (χ4n) is 2.90. The highest BCUT2D eigenvalue weighted by Gasteiger charge is 2.46. The van der Waals surface area contributed by atoms with Gasteiger partial charge < -0.3 is 50.0 Å². The summed E-state index contributed by atoms with van der Waals surface area (Å²) in [6.07, 6.45) is -12.4. The second kappa shape index (κ2) is 8.32. The summed E-state index contributed by atoms with van der Waals surface area (Å²) in [6.45, 7) is 0.855. The third-order valence-electron chi connectivity index (χ3n) is 4.49. The minimum Gasteiger partial charge on any atom is -0.394 e. The Labute approximate surface area is 138 Å². The molecule has 2 fully saturated rings. The standard InChI is InChI=1S/C14H26O10/c1-2-5-8(16)11(19)10(18)7(23-5)4-22-14-13(21)12(20)9(17)6(3-15)24-14/h5-21H,2-4H2,1H3/t5-,6?,7?,8?,9-,10-,11?,12?,13?,14+/m1/s1. The van der Waals surface area contributed by atoms with E-state index in [1.54, 1.807) is 6.92 Å². The van der Waals surface area contributed by atoms with Crippen LogP contribution < -0.4 is 0 Å². The van der Waals surface area contributed by atoms with E-state index in [0.29, 0.717) is 6.42 Å². The summed E-state index contributed by atoms with van der Waals surface area (Å²) < 4.78 is 16.0. The van der Waals surface area contributed by atoms with Crippen molar-refractivity contribution in [3.8, 4) is 0 Å². The number of hydrogen-bond acceptors (Lipinski definition) is 10. The van der Waals surface area contributed by atoms with Crippen LogP contribution in [0.4, 0.5) is 0 Å². The molecule has 0 radical (unpaired) electrons. The van der Waals surface area contributed by atoms with Crippen molar-refractivity contribution in [1.29, 1.82) is 0 Å². The molecule has 142 valence electrons. The molecule has 2 saturated heterocycles. The van der Waals surface area contributed by atoms with Crippen molar-refractivity contribution < 1.29 is 50.0 Å². The molecule has 7 N–H and O–H groups in total. The van der Waals surface area contributed by atoms with Gasteiger partial charge in [0, 0.05) is 0 Å². The molecule has 0 spiro atoms. The molecular formula is C14H26O10. The zero-order valence-electron chi connectivity index (χ0n) is 13.3. The summed E-state index contributed by atoms with van der Waals surface area (Å²) in [5.41, 5.74) is 0. The Hall–Kier alpha value is -0.400. The highest BCUT2D eigenvalue weighted by molar-refractivity contribution is 4.93. The van der Waals surface area contributed by atoms with Crippen molar-refractivity contribution in [2.75, 3.05) is 13.2 Å². The van der Waals surface area contributed by atoms with Crippen LogP contribution in [-0.2, 0) is 14.2 Å². The molecule has 0 bridgehead atoms. The lowest BCUT2D eigenvalue weighted by atomic mass is 9.94. The van der Waals surface area contributed by atoms with E-state index in [1.807, 2.05) is 0 Å². The summed E-state index contributed by atoms with van der Waals surface area (Å²) in [6, 6.07) is 0. The van der Waals surface area contributed by atoms with Gasteiger partial charge in [0.1, 0.15) is 48.8 Å². The third-order valence-corrected chi connectivity index (χ3v) is 4.49. The molecule has 2 aliphatic rings. The van der Waals surface area contributed by atoms with Gasteiger partial charge >= 0.3 is 0 Å². The van der Waals surface area contributed by atoms with E-state index in [2.05, 4.69) is 0 Å². The number of aliphatic hydroxyl groups is 7. The van der Waals surface area contributed by atoms with Crippen molar-refractivity contribution in [2.45, 2.75) is 74.6 Å². The van der Waals surface area contributed by atoms with E-state index < -0.39 is 67.8 Å². The lowest BCUT2D eigenvalue weighted by Crippen LogP contribution is -2.61. The van der Waals surface area contributed by atoms with Crippen LogP contribution in [0.15, 0.2) is 0 Å². The predicted octanol–water partition coefficient (Wildman–Crippen LogP) is -3.94. The van der Waals surface area contributed by atoms with Crippen LogP contribution in [0.2, 0.25) is 0 Å². The van der Waals surface area contributed by atoms with Gasteiger partial charge in [0.15, 0.2) is 6.29 Å². The maximum absolute atomic E-state index is 9.96. The Morgan fingerprint density at radius 3 is 1.83 bits per heavy atom. The first-order chi connectivity index (χ1) is 11.3.